The van der Waals surface area contributed by atoms with Crippen molar-refractivity contribution in [1.29, 1.82) is 0 Å². The molecular weight excluding hydrogens is 247 g/mol. The SMILES string of the molecule is B#S(C)=S(=S)=S=S=S=S. The zero-order valence-electron chi connectivity index (χ0n) is 4.44. The van der Waals surface area contributed by atoms with E-state index in [1.807, 2.05) is 6.26 Å². The zero-order chi connectivity index (χ0) is 7.28. The zero-order valence-corrected chi connectivity index (χ0v) is 10.2. The Morgan fingerprint density at radius 1 is 1.56 bits per heavy atom. The van der Waals surface area contributed by atoms with E-state index in [0.717, 1.165) is 0 Å². The molecule has 0 unspecified atom stereocenters. The Balaban J connectivity index is 6.06. The van der Waals surface area contributed by atoms with Gasteiger partial charge in [-0.15, -0.1) is 0 Å². The molecule has 0 bridgehead atoms. The van der Waals surface area contributed by atoms with Crippen LogP contribution in [0.3, 0.4) is 0 Å². The molecule has 0 nitrogen and oxygen atoms in total. The van der Waals surface area contributed by atoms with Crippen molar-refractivity contribution in [2.24, 2.45) is 0 Å². The summed E-state index contributed by atoms with van der Waals surface area (Å²) in [5.74, 6) is 0. The van der Waals surface area contributed by atoms with Crippen molar-refractivity contribution in [1.82, 2.24) is 0 Å². The summed E-state index contributed by atoms with van der Waals surface area (Å²) in [6.45, 7) is 5.39. The van der Waals surface area contributed by atoms with Crippen molar-refractivity contribution in [2.45, 2.75) is 0 Å². The molecule has 0 N–H and O–H groups in total. The van der Waals surface area contributed by atoms with Crippen LogP contribution in [0, 0.1) is 0 Å². The Morgan fingerprint density at radius 2 is 2.11 bits per heavy atom. The van der Waals surface area contributed by atoms with Gasteiger partial charge >= 0.3 is 77.1 Å². The minimum atomic E-state index is -0.141. The second-order valence-corrected chi connectivity index (χ2v) is 14.1. The van der Waals surface area contributed by atoms with Gasteiger partial charge in [0, 0.05) is 0 Å². The quantitative estimate of drug-likeness (QED) is 0.545. The molecule has 0 amide bonds. The van der Waals surface area contributed by atoms with Crippen LogP contribution in [-0.2, 0) is 64.3 Å². The van der Waals surface area contributed by atoms with Crippen molar-refractivity contribution < 1.29 is 0 Å². The minimum absolute atomic E-state index is 0.137. The average molecular weight is 250 g/mol. The number of hydrogen-bond acceptors (Lipinski definition) is 2. The number of rotatable bonds is 0. The van der Waals surface area contributed by atoms with Crippen LogP contribution in [0.4, 0.5) is 0 Å². The summed E-state index contributed by atoms with van der Waals surface area (Å²) >= 11 is 9.66. The first-order valence-electron chi connectivity index (χ1n) is 1.64. The fourth-order valence-electron chi connectivity index (χ4n) is 0.0778. The first-order valence-corrected chi connectivity index (χ1v) is 10.9. The van der Waals surface area contributed by atoms with Crippen LogP contribution >= 0.6 is 0 Å². The van der Waals surface area contributed by atoms with Gasteiger partial charge in [0.05, 0.1) is 0 Å². The Bertz CT molecular complexity index is 414. The van der Waals surface area contributed by atoms with Gasteiger partial charge in [-0.3, -0.25) is 0 Å². The summed E-state index contributed by atoms with van der Waals surface area (Å²) in [7, 11) is 4.28. The number of hydrogen-bond donors (Lipinski definition) is 0. The molecule has 0 aliphatic rings. The molecule has 0 heterocycles. The monoisotopic (exact) mass is 250 g/mol. The third-order valence-corrected chi connectivity index (χ3v) is 14.8. The molecule has 0 aliphatic carbocycles. The second kappa shape index (κ2) is 6.32. The van der Waals surface area contributed by atoms with E-state index in [1.165, 1.54) is 17.8 Å². The molecule has 0 aromatic carbocycles. The predicted octanol–water partition coefficient (Wildman–Crippen LogP) is -0.232. The van der Waals surface area contributed by atoms with Crippen molar-refractivity contribution >= 4 is 70.8 Å². The normalized spacial score (nSPS) is 7.89. The van der Waals surface area contributed by atoms with E-state index in [0.29, 0.717) is 0 Å². The average Bonchev–Trinajstić information content (AvgIpc) is 1.82. The molecule has 0 aliphatic heterocycles. The first kappa shape index (κ1) is 10.6. The van der Waals surface area contributed by atoms with Crippen molar-refractivity contribution in [3.05, 3.63) is 0 Å². The van der Waals surface area contributed by atoms with Crippen LogP contribution in [0.25, 0.3) is 0 Å². The van der Waals surface area contributed by atoms with E-state index in [4.69, 9.17) is 17.7 Å². The van der Waals surface area contributed by atoms with Gasteiger partial charge in [-0.25, -0.2) is 0 Å². The van der Waals surface area contributed by atoms with Gasteiger partial charge in [0.25, 0.3) is 0 Å². The van der Waals surface area contributed by atoms with E-state index in [2.05, 4.69) is 11.2 Å². The Morgan fingerprint density at radius 3 is 2.44 bits per heavy atom. The third kappa shape index (κ3) is 6.02. The van der Waals surface area contributed by atoms with Crippen LogP contribution < -0.4 is 0 Å². The van der Waals surface area contributed by atoms with Gasteiger partial charge in [-0.2, -0.15) is 0 Å². The molecular formula is CH3BS7. The molecule has 0 aromatic heterocycles. The van der Waals surface area contributed by atoms with Crippen molar-refractivity contribution in [3.8, 4) is 0 Å². The van der Waals surface area contributed by atoms with Gasteiger partial charge < -0.3 is 0 Å². The van der Waals surface area contributed by atoms with Gasteiger partial charge in [0.15, 0.2) is 0 Å². The van der Waals surface area contributed by atoms with E-state index in [-0.39, 0.29) is 15.3 Å². The van der Waals surface area contributed by atoms with E-state index >= 15 is 0 Å². The van der Waals surface area contributed by atoms with Crippen molar-refractivity contribution in [2.75, 3.05) is 6.26 Å². The molecule has 0 aromatic rings. The summed E-state index contributed by atoms with van der Waals surface area (Å²) in [6, 6.07) is 0. The topological polar surface area (TPSA) is 0 Å². The molecule has 0 rings (SSSR count). The molecule has 0 radical (unpaired) electrons. The summed E-state index contributed by atoms with van der Waals surface area (Å²) < 4.78 is 0. The van der Waals surface area contributed by atoms with Gasteiger partial charge in [-0.05, 0) is 0 Å². The summed E-state index contributed by atoms with van der Waals surface area (Å²) in [4.78, 5) is 0. The molecule has 0 saturated heterocycles. The van der Waals surface area contributed by atoms with Crippen LogP contribution in [0.15, 0.2) is 0 Å². The van der Waals surface area contributed by atoms with Crippen LogP contribution in [0.1, 0.15) is 0 Å². The molecule has 9 heavy (non-hydrogen) atoms. The molecule has 0 spiro atoms. The molecule has 52 valence electrons. The first-order chi connectivity index (χ1) is 4.18. The fraction of sp³-hybridized carbons (Fsp3) is 1.00. The predicted molar refractivity (Wildman–Crippen MR) is 63.2 cm³/mol. The molecule has 8 heteroatoms. The van der Waals surface area contributed by atoms with E-state index < -0.39 is 0 Å². The second-order valence-electron chi connectivity index (χ2n) is 0.907. The maximum absolute atomic E-state index is 5.54. The van der Waals surface area contributed by atoms with E-state index in [1.54, 1.807) is 8.88 Å². The summed E-state index contributed by atoms with van der Waals surface area (Å²) in [5.41, 5.74) is 0. The fourth-order valence-corrected chi connectivity index (χ4v) is 11.8. The van der Waals surface area contributed by atoms with Gasteiger partial charge in [0.2, 0.25) is 0 Å². The van der Waals surface area contributed by atoms with Gasteiger partial charge in [0.1, 0.15) is 0 Å². The Kier molecular flexibility index (Phi) is 7.45. The maximum atomic E-state index is 5.54. The molecule has 0 atom stereocenters. The Labute approximate surface area is 76.2 Å². The third-order valence-electron chi connectivity index (χ3n) is 0.326. The molecule has 0 fully saturated rings. The van der Waals surface area contributed by atoms with Crippen molar-refractivity contribution in [3.63, 3.8) is 0 Å². The van der Waals surface area contributed by atoms with Gasteiger partial charge in [-0.1, -0.05) is 0 Å². The standard InChI is InChI=1S/CH3BS7/c1-8(2)9(4)7-6-5-3/h1H3. The Hall–Kier alpha value is 1.60. The van der Waals surface area contributed by atoms with Crippen LogP contribution in [0.5, 0.6) is 0 Å². The summed E-state index contributed by atoms with van der Waals surface area (Å²) in [6.07, 6.45) is 1.94. The summed E-state index contributed by atoms with van der Waals surface area (Å²) in [5, 5.41) is 0. The molecule has 0 saturated carbocycles. The van der Waals surface area contributed by atoms with Crippen LogP contribution in [0.2, 0.25) is 0 Å². The van der Waals surface area contributed by atoms with E-state index in [9.17, 15) is 0 Å². The van der Waals surface area contributed by atoms with Crippen LogP contribution in [-0.4, -0.2) is 12.8 Å².